The molecule has 210 valence electrons. The number of nitrogens with zero attached hydrogens (tertiary/aromatic N) is 1. The minimum Gasteiger partial charge on any atom is -0.330 e. The van der Waals surface area contributed by atoms with Crippen molar-refractivity contribution in [3.63, 3.8) is 0 Å². The molecule has 39 heavy (non-hydrogen) atoms. The van der Waals surface area contributed by atoms with Crippen molar-refractivity contribution in [3.8, 4) is 0 Å². The second-order valence-electron chi connectivity index (χ2n) is 11.6. The van der Waals surface area contributed by atoms with Gasteiger partial charge in [0, 0.05) is 28.5 Å². The molecule has 1 heterocycles. The standard InChI is InChI=1S/C31H38Cl2N2O3S/c1-3-17-31(4-2)19-27(23-7-5-8-25(33)18-23)29(22-13-15-24(32)16-14-22)35(30(31)36)28(21-11-12-21)20-34-39(37,38)26-9-6-10-26/h3,5,7-8,13-16,18,21,26-29,34H,1,4,6,9-12,17,19-20H2,2H3/t27?,28-,29-,31+/m1/s1. The van der Waals surface area contributed by atoms with Crippen LogP contribution in [0.5, 0.6) is 0 Å². The zero-order valence-electron chi connectivity index (χ0n) is 22.5. The van der Waals surface area contributed by atoms with Gasteiger partial charge < -0.3 is 4.90 Å². The predicted molar refractivity (Wildman–Crippen MR) is 158 cm³/mol. The third-order valence-electron chi connectivity index (χ3n) is 9.19. The first-order valence-corrected chi connectivity index (χ1v) is 16.4. The highest BCUT2D eigenvalue weighted by molar-refractivity contribution is 7.90. The van der Waals surface area contributed by atoms with E-state index in [0.29, 0.717) is 42.1 Å². The Labute approximate surface area is 243 Å². The van der Waals surface area contributed by atoms with Gasteiger partial charge in [-0.05, 0) is 86.3 Å². The summed E-state index contributed by atoms with van der Waals surface area (Å²) in [6, 6.07) is 15.1. The average Bonchev–Trinajstić information content (AvgIpc) is 3.71. The minimum atomic E-state index is -3.42. The monoisotopic (exact) mass is 588 g/mol. The van der Waals surface area contributed by atoms with Crippen LogP contribution in [0, 0.1) is 11.3 Å². The van der Waals surface area contributed by atoms with Crippen LogP contribution in [0.4, 0.5) is 0 Å². The van der Waals surface area contributed by atoms with Crippen LogP contribution in [0.15, 0.2) is 61.2 Å². The number of rotatable bonds is 11. The first-order chi connectivity index (χ1) is 18.7. The number of hydrogen-bond acceptors (Lipinski definition) is 3. The summed E-state index contributed by atoms with van der Waals surface area (Å²) >= 11 is 12.8. The molecule has 2 aromatic rings. The Balaban J connectivity index is 1.63. The summed E-state index contributed by atoms with van der Waals surface area (Å²) < 4.78 is 29.1. The van der Waals surface area contributed by atoms with Crippen LogP contribution in [0.1, 0.15) is 81.4 Å². The fraction of sp³-hybridized carbons (Fsp3) is 0.516. The average molecular weight is 590 g/mol. The molecule has 1 amide bonds. The van der Waals surface area contributed by atoms with Crippen LogP contribution in [0.2, 0.25) is 10.0 Å². The molecule has 1 saturated heterocycles. The van der Waals surface area contributed by atoms with Gasteiger partial charge in [0.25, 0.3) is 0 Å². The van der Waals surface area contributed by atoms with E-state index in [1.165, 1.54) is 0 Å². The van der Waals surface area contributed by atoms with Crippen molar-refractivity contribution < 1.29 is 13.2 Å². The van der Waals surface area contributed by atoms with Crippen LogP contribution in [0.25, 0.3) is 0 Å². The molecule has 4 atom stereocenters. The Morgan fingerprint density at radius 2 is 1.79 bits per heavy atom. The number of carbonyl (C=O) groups excluding carboxylic acids is 1. The summed E-state index contributed by atoms with van der Waals surface area (Å²) in [7, 11) is -3.42. The molecule has 1 unspecified atom stereocenters. The van der Waals surface area contributed by atoms with Crippen molar-refractivity contribution in [2.45, 2.75) is 81.5 Å². The van der Waals surface area contributed by atoms with Crippen molar-refractivity contribution in [2.75, 3.05) is 6.54 Å². The molecular weight excluding hydrogens is 551 g/mol. The van der Waals surface area contributed by atoms with E-state index >= 15 is 0 Å². The molecule has 2 aromatic carbocycles. The first-order valence-electron chi connectivity index (χ1n) is 14.1. The van der Waals surface area contributed by atoms with Gasteiger partial charge in [-0.15, -0.1) is 6.58 Å². The van der Waals surface area contributed by atoms with E-state index in [9.17, 15) is 13.2 Å². The molecule has 5 rings (SSSR count). The van der Waals surface area contributed by atoms with Gasteiger partial charge in [0.15, 0.2) is 0 Å². The predicted octanol–water partition coefficient (Wildman–Crippen LogP) is 7.27. The highest BCUT2D eigenvalue weighted by Gasteiger charge is 2.54. The van der Waals surface area contributed by atoms with Crippen molar-refractivity contribution in [2.24, 2.45) is 11.3 Å². The molecule has 0 aromatic heterocycles. The fourth-order valence-corrected chi connectivity index (χ4v) is 8.44. The lowest BCUT2D eigenvalue weighted by Gasteiger charge is -2.53. The number of piperidine rings is 1. The summed E-state index contributed by atoms with van der Waals surface area (Å²) in [5, 5.41) is 0.966. The first kappa shape index (κ1) is 28.7. The summed E-state index contributed by atoms with van der Waals surface area (Å²) in [4.78, 5) is 16.8. The van der Waals surface area contributed by atoms with E-state index in [4.69, 9.17) is 23.2 Å². The van der Waals surface area contributed by atoms with Gasteiger partial charge in [-0.25, -0.2) is 13.1 Å². The van der Waals surface area contributed by atoms with Crippen molar-refractivity contribution in [3.05, 3.63) is 82.4 Å². The maximum atomic E-state index is 14.7. The Morgan fingerprint density at radius 3 is 2.36 bits per heavy atom. The second-order valence-corrected chi connectivity index (χ2v) is 14.5. The number of carbonyl (C=O) groups is 1. The second kappa shape index (κ2) is 11.6. The Bertz CT molecular complexity index is 1310. The fourth-order valence-electron chi connectivity index (χ4n) is 6.52. The lowest BCUT2D eigenvalue weighted by Crippen LogP contribution is -2.59. The topological polar surface area (TPSA) is 66.5 Å². The molecule has 0 bridgehead atoms. The van der Waals surface area contributed by atoms with Crippen LogP contribution in [-0.2, 0) is 14.8 Å². The number of likely N-dealkylation sites (tertiary alicyclic amines) is 1. The Hall–Kier alpha value is -1.86. The number of sulfonamides is 1. The zero-order valence-corrected chi connectivity index (χ0v) is 24.8. The lowest BCUT2D eigenvalue weighted by atomic mass is 9.65. The summed E-state index contributed by atoms with van der Waals surface area (Å²) in [5.74, 6) is 0.305. The maximum absolute atomic E-state index is 14.7. The van der Waals surface area contributed by atoms with E-state index in [2.05, 4.69) is 24.3 Å². The van der Waals surface area contributed by atoms with E-state index in [-0.39, 0.29) is 41.6 Å². The van der Waals surface area contributed by atoms with Gasteiger partial charge >= 0.3 is 0 Å². The Kier molecular flexibility index (Phi) is 8.49. The quantitative estimate of drug-likeness (QED) is 0.280. The molecule has 1 aliphatic heterocycles. The van der Waals surface area contributed by atoms with Crippen molar-refractivity contribution in [1.29, 1.82) is 0 Å². The van der Waals surface area contributed by atoms with Crippen LogP contribution in [0.3, 0.4) is 0 Å². The number of hydrogen-bond donors (Lipinski definition) is 1. The molecule has 1 N–H and O–H groups in total. The minimum absolute atomic E-state index is 0.0352. The van der Waals surface area contributed by atoms with Crippen LogP contribution >= 0.6 is 23.2 Å². The van der Waals surface area contributed by atoms with Gasteiger partial charge in [-0.2, -0.15) is 0 Å². The molecular formula is C31H38Cl2N2O3S. The van der Waals surface area contributed by atoms with Crippen LogP contribution in [-0.4, -0.2) is 37.1 Å². The molecule has 3 aliphatic rings. The van der Waals surface area contributed by atoms with Crippen LogP contribution < -0.4 is 4.72 Å². The van der Waals surface area contributed by atoms with Gasteiger partial charge in [0.05, 0.1) is 16.7 Å². The molecule has 5 nitrogen and oxygen atoms in total. The lowest BCUT2D eigenvalue weighted by molar-refractivity contribution is -0.156. The summed E-state index contributed by atoms with van der Waals surface area (Å²) in [5.41, 5.74) is 1.44. The summed E-state index contributed by atoms with van der Waals surface area (Å²) in [6.45, 7) is 6.31. The molecule has 0 radical (unpaired) electrons. The molecule has 2 aliphatic carbocycles. The van der Waals surface area contributed by atoms with E-state index < -0.39 is 15.4 Å². The molecule has 2 saturated carbocycles. The van der Waals surface area contributed by atoms with Gasteiger partial charge in [0.2, 0.25) is 15.9 Å². The maximum Gasteiger partial charge on any atom is 0.229 e. The summed E-state index contributed by atoms with van der Waals surface area (Å²) in [6.07, 6.45) is 8.06. The van der Waals surface area contributed by atoms with Crippen molar-refractivity contribution in [1.82, 2.24) is 9.62 Å². The number of benzene rings is 2. The van der Waals surface area contributed by atoms with Gasteiger partial charge in [-0.1, -0.05) is 66.9 Å². The third-order valence-corrected chi connectivity index (χ3v) is 11.6. The number of amides is 1. The highest BCUT2D eigenvalue weighted by Crippen LogP contribution is 2.55. The zero-order chi connectivity index (χ0) is 27.8. The number of halogens is 2. The SMILES string of the molecule is C=CC[C@@]1(CC)CC(c2cccc(Cl)c2)[C@@H](c2ccc(Cl)cc2)N([C@H](CNS(=O)(=O)C2CCC2)C2CC2)C1=O. The number of allylic oxidation sites excluding steroid dienone is 1. The highest BCUT2D eigenvalue weighted by atomic mass is 35.5. The largest absolute Gasteiger partial charge is 0.330 e. The third kappa shape index (κ3) is 5.81. The van der Waals surface area contributed by atoms with E-state index in [1.54, 1.807) is 0 Å². The van der Waals surface area contributed by atoms with Gasteiger partial charge in [-0.3, -0.25) is 4.79 Å². The van der Waals surface area contributed by atoms with Gasteiger partial charge in [0.1, 0.15) is 0 Å². The molecule has 0 spiro atoms. The normalized spacial score (nSPS) is 26.7. The van der Waals surface area contributed by atoms with E-state index in [0.717, 1.165) is 30.4 Å². The Morgan fingerprint density at radius 1 is 1.08 bits per heavy atom. The number of nitrogens with one attached hydrogen (secondary N) is 1. The van der Waals surface area contributed by atoms with Crippen molar-refractivity contribution >= 4 is 39.1 Å². The smallest absolute Gasteiger partial charge is 0.229 e. The molecule has 3 fully saturated rings. The molecule has 8 heteroatoms. The van der Waals surface area contributed by atoms with E-state index in [1.807, 2.05) is 53.4 Å².